The molecule has 6 nitrogen and oxygen atoms in total. The van der Waals surface area contributed by atoms with E-state index in [2.05, 4.69) is 16.7 Å². The molecule has 27 heavy (non-hydrogen) atoms. The molecule has 0 radical (unpaired) electrons. The van der Waals surface area contributed by atoms with Crippen LogP contribution >= 0.6 is 0 Å². The lowest BCUT2D eigenvalue weighted by atomic mass is 10.0. The number of nitrogens with one attached hydrogen (secondary N) is 2. The third kappa shape index (κ3) is 4.58. The Bertz CT molecular complexity index is 835. The van der Waals surface area contributed by atoms with Crippen molar-refractivity contribution in [2.75, 3.05) is 37.0 Å². The van der Waals surface area contributed by atoms with Gasteiger partial charge in [-0.1, -0.05) is 18.2 Å². The molecule has 2 amide bonds. The van der Waals surface area contributed by atoms with E-state index in [-0.39, 0.29) is 25.0 Å². The first-order valence-electron chi connectivity index (χ1n) is 9.14. The van der Waals surface area contributed by atoms with Crippen molar-refractivity contribution in [1.82, 2.24) is 5.32 Å². The molecular weight excluding hydrogens is 342 g/mol. The van der Waals surface area contributed by atoms with E-state index in [1.165, 1.54) is 5.56 Å². The van der Waals surface area contributed by atoms with Crippen molar-refractivity contribution in [3.05, 3.63) is 53.6 Å². The fourth-order valence-electron chi connectivity index (χ4n) is 3.20. The van der Waals surface area contributed by atoms with Gasteiger partial charge >= 0.3 is 0 Å². The van der Waals surface area contributed by atoms with Crippen molar-refractivity contribution < 1.29 is 14.3 Å². The number of anilines is 2. The molecule has 1 heterocycles. The van der Waals surface area contributed by atoms with Gasteiger partial charge in [0.1, 0.15) is 5.75 Å². The summed E-state index contributed by atoms with van der Waals surface area (Å²) >= 11 is 0. The minimum Gasteiger partial charge on any atom is -0.484 e. The molecule has 142 valence electrons. The number of rotatable bonds is 6. The number of carbonyl (C=O) groups excluding carboxylic acids is 2. The van der Waals surface area contributed by atoms with Crippen LogP contribution in [-0.2, 0) is 16.0 Å². The Hall–Kier alpha value is -3.02. The molecule has 0 spiro atoms. The normalized spacial score (nSPS) is 12.9. The number of hydrogen-bond acceptors (Lipinski definition) is 4. The summed E-state index contributed by atoms with van der Waals surface area (Å²) in [7, 11) is 1.57. The van der Waals surface area contributed by atoms with Gasteiger partial charge in [-0.05, 0) is 55.2 Å². The molecule has 0 atom stereocenters. The fraction of sp³-hybridized carbons (Fsp3) is 0.333. The smallest absolute Gasteiger partial charge is 0.257 e. The van der Waals surface area contributed by atoms with Gasteiger partial charge < -0.3 is 20.3 Å². The number of carbonyl (C=O) groups is 2. The summed E-state index contributed by atoms with van der Waals surface area (Å²) in [5, 5.41) is 5.73. The van der Waals surface area contributed by atoms with Gasteiger partial charge in [-0.15, -0.1) is 0 Å². The van der Waals surface area contributed by atoms with Gasteiger partial charge in [0.05, 0.1) is 6.54 Å². The molecular formula is C21H25N3O3. The largest absolute Gasteiger partial charge is 0.484 e. The van der Waals surface area contributed by atoms with Gasteiger partial charge in [0, 0.05) is 25.0 Å². The molecule has 2 N–H and O–H groups in total. The SMILES string of the molecule is CNC(=O)COc1ccc(NCC(=O)N2CCCc3ccccc32)c(C)c1. The number of fused-ring (bicyclic) bond motifs is 1. The monoisotopic (exact) mass is 367 g/mol. The van der Waals surface area contributed by atoms with Crippen LogP contribution in [0.1, 0.15) is 17.5 Å². The van der Waals surface area contributed by atoms with Crippen LogP contribution in [-0.4, -0.2) is 38.6 Å². The third-order valence-corrected chi connectivity index (χ3v) is 4.69. The van der Waals surface area contributed by atoms with Crippen LogP contribution < -0.4 is 20.3 Å². The van der Waals surface area contributed by atoms with Crippen LogP contribution in [0.4, 0.5) is 11.4 Å². The highest BCUT2D eigenvalue weighted by molar-refractivity contribution is 5.97. The molecule has 2 aromatic rings. The van der Waals surface area contributed by atoms with E-state index in [0.717, 1.165) is 36.3 Å². The van der Waals surface area contributed by atoms with Crippen molar-refractivity contribution in [2.24, 2.45) is 0 Å². The first kappa shape index (κ1) is 18.8. The predicted molar refractivity (Wildman–Crippen MR) is 106 cm³/mol. The lowest BCUT2D eigenvalue weighted by Crippen LogP contribution is -2.39. The maximum absolute atomic E-state index is 12.7. The van der Waals surface area contributed by atoms with Gasteiger partial charge in [0.2, 0.25) is 5.91 Å². The Labute approximate surface area is 159 Å². The number of benzene rings is 2. The van der Waals surface area contributed by atoms with Gasteiger partial charge in [-0.2, -0.15) is 0 Å². The highest BCUT2D eigenvalue weighted by Gasteiger charge is 2.21. The fourth-order valence-corrected chi connectivity index (χ4v) is 3.20. The lowest BCUT2D eigenvalue weighted by Gasteiger charge is -2.29. The van der Waals surface area contributed by atoms with Crippen molar-refractivity contribution >= 4 is 23.2 Å². The van der Waals surface area contributed by atoms with E-state index in [1.54, 1.807) is 13.1 Å². The first-order valence-corrected chi connectivity index (χ1v) is 9.14. The van der Waals surface area contributed by atoms with Crippen LogP contribution in [0, 0.1) is 6.92 Å². The summed E-state index contributed by atoms with van der Waals surface area (Å²) in [6, 6.07) is 13.6. The maximum atomic E-state index is 12.7. The zero-order valence-corrected chi connectivity index (χ0v) is 15.7. The summed E-state index contributed by atoms with van der Waals surface area (Å²) in [6.07, 6.45) is 2.00. The van der Waals surface area contributed by atoms with Crippen LogP contribution in [0.2, 0.25) is 0 Å². The molecule has 0 bridgehead atoms. The van der Waals surface area contributed by atoms with Gasteiger partial charge in [0.15, 0.2) is 6.61 Å². The average molecular weight is 367 g/mol. The minimum atomic E-state index is -0.178. The summed E-state index contributed by atoms with van der Waals surface area (Å²) < 4.78 is 5.44. The Morgan fingerprint density at radius 3 is 2.78 bits per heavy atom. The van der Waals surface area contributed by atoms with Gasteiger partial charge in [-0.25, -0.2) is 0 Å². The number of hydrogen-bond donors (Lipinski definition) is 2. The van der Waals surface area contributed by atoms with Gasteiger partial charge in [-0.3, -0.25) is 9.59 Å². The number of nitrogens with zero attached hydrogens (tertiary/aromatic N) is 1. The number of likely N-dealkylation sites (N-methyl/N-ethyl adjacent to an activating group) is 1. The van der Waals surface area contributed by atoms with Crippen LogP contribution in [0.5, 0.6) is 5.75 Å². The Morgan fingerprint density at radius 1 is 1.19 bits per heavy atom. The molecule has 3 rings (SSSR count). The lowest BCUT2D eigenvalue weighted by molar-refractivity contribution is -0.122. The standard InChI is InChI=1S/C21H25N3O3/c1-15-12-17(27-14-20(25)22-2)9-10-18(15)23-13-21(26)24-11-5-7-16-6-3-4-8-19(16)24/h3-4,6,8-10,12,23H,5,7,11,13-14H2,1-2H3,(H,22,25). The maximum Gasteiger partial charge on any atom is 0.257 e. The summed E-state index contributed by atoms with van der Waals surface area (Å²) in [4.78, 5) is 25.8. The zero-order valence-electron chi connectivity index (χ0n) is 15.7. The second-order valence-corrected chi connectivity index (χ2v) is 6.57. The van der Waals surface area contributed by atoms with E-state index in [0.29, 0.717) is 5.75 Å². The minimum absolute atomic E-state index is 0.0183. The van der Waals surface area contributed by atoms with Crippen molar-refractivity contribution in [2.45, 2.75) is 19.8 Å². The van der Waals surface area contributed by atoms with E-state index < -0.39 is 0 Å². The molecule has 1 aliphatic rings. The quantitative estimate of drug-likeness (QED) is 0.823. The summed E-state index contributed by atoms with van der Waals surface area (Å²) in [6.45, 7) is 2.90. The Morgan fingerprint density at radius 2 is 2.00 bits per heavy atom. The average Bonchev–Trinajstić information content (AvgIpc) is 2.70. The molecule has 0 fully saturated rings. The van der Waals surface area contributed by atoms with Crippen molar-refractivity contribution in [3.8, 4) is 5.75 Å². The molecule has 6 heteroatoms. The molecule has 0 aromatic heterocycles. The Kier molecular flexibility index (Phi) is 5.96. The summed E-state index contributed by atoms with van der Waals surface area (Å²) in [5.74, 6) is 0.502. The van der Waals surface area contributed by atoms with E-state index >= 15 is 0 Å². The topological polar surface area (TPSA) is 70.7 Å². The highest BCUT2D eigenvalue weighted by Crippen LogP contribution is 2.27. The second kappa shape index (κ2) is 8.58. The molecule has 2 aromatic carbocycles. The molecule has 0 saturated carbocycles. The predicted octanol–water partition coefficient (Wildman–Crippen LogP) is 2.51. The highest BCUT2D eigenvalue weighted by atomic mass is 16.5. The van der Waals surface area contributed by atoms with Crippen LogP contribution in [0.3, 0.4) is 0 Å². The molecule has 0 saturated heterocycles. The number of amides is 2. The number of aryl methyl sites for hydroxylation is 2. The molecule has 0 unspecified atom stereocenters. The summed E-state index contributed by atoms with van der Waals surface area (Å²) in [5.41, 5.74) is 4.08. The van der Waals surface area contributed by atoms with Crippen LogP contribution in [0.25, 0.3) is 0 Å². The van der Waals surface area contributed by atoms with Gasteiger partial charge in [0.25, 0.3) is 5.91 Å². The van der Waals surface area contributed by atoms with E-state index in [4.69, 9.17) is 4.74 Å². The Balaban J connectivity index is 1.60. The first-order chi connectivity index (χ1) is 13.1. The van der Waals surface area contributed by atoms with E-state index in [9.17, 15) is 9.59 Å². The van der Waals surface area contributed by atoms with E-state index in [1.807, 2.05) is 42.2 Å². The third-order valence-electron chi connectivity index (χ3n) is 4.69. The second-order valence-electron chi connectivity index (χ2n) is 6.57. The zero-order chi connectivity index (χ0) is 19.2. The van der Waals surface area contributed by atoms with Crippen molar-refractivity contribution in [1.29, 1.82) is 0 Å². The number of para-hydroxylation sites is 1. The molecule has 1 aliphatic heterocycles. The van der Waals surface area contributed by atoms with Crippen molar-refractivity contribution in [3.63, 3.8) is 0 Å². The molecule has 0 aliphatic carbocycles. The van der Waals surface area contributed by atoms with Crippen LogP contribution in [0.15, 0.2) is 42.5 Å². The number of ether oxygens (including phenoxy) is 1.